The second-order valence-corrected chi connectivity index (χ2v) is 13.3. The molecule has 8 aromatic carbocycles. The van der Waals surface area contributed by atoms with Gasteiger partial charge in [-0.3, -0.25) is 0 Å². The Balaban J connectivity index is 1.25. The third kappa shape index (κ3) is 3.17. The van der Waals surface area contributed by atoms with Crippen LogP contribution >= 0.6 is 0 Å². The monoisotopic (exact) mass is 622 g/mol. The largest absolute Gasteiger partial charge is 0.456 e. The van der Waals surface area contributed by atoms with Crippen molar-refractivity contribution < 1.29 is 4.42 Å². The number of fused-ring (bicyclic) bond motifs is 11. The lowest BCUT2D eigenvalue weighted by atomic mass is 9.99. The summed E-state index contributed by atoms with van der Waals surface area (Å²) in [6, 6.07) is 57.5. The van der Waals surface area contributed by atoms with Gasteiger partial charge in [-0.15, -0.1) is 0 Å². The average Bonchev–Trinajstić information content (AvgIpc) is 3.80. The quantitative estimate of drug-likeness (QED) is 0.188. The van der Waals surface area contributed by atoms with Crippen LogP contribution in [0.5, 0.6) is 0 Å². The molecule has 12 aromatic rings. The van der Waals surface area contributed by atoms with Crippen LogP contribution in [0.1, 0.15) is 0 Å². The molecule has 0 atom stereocenters. The van der Waals surface area contributed by atoms with E-state index in [0.29, 0.717) is 0 Å². The zero-order valence-electron chi connectivity index (χ0n) is 26.3. The Morgan fingerprint density at radius 3 is 2.04 bits per heavy atom. The summed E-state index contributed by atoms with van der Waals surface area (Å²) < 4.78 is 11.3. The minimum atomic E-state index is 0.911. The molecule has 0 aliphatic heterocycles. The van der Waals surface area contributed by atoms with Gasteiger partial charge in [0, 0.05) is 48.8 Å². The fourth-order valence-electron chi connectivity index (χ4n) is 8.87. The highest BCUT2D eigenvalue weighted by Crippen LogP contribution is 2.46. The molecular weight excluding hydrogens is 597 g/mol. The Labute approximate surface area is 279 Å². The van der Waals surface area contributed by atoms with Crippen molar-refractivity contribution in [3.8, 4) is 16.8 Å². The SMILES string of the molecule is c1cc(-c2cccc3oc4ccccc4c23)cc(-n2c3cccc4c5ccccc5n5c6c7ccccc7ccc6c6ccc2c(c43)c65)c1. The number of para-hydroxylation sites is 2. The molecular formula is C46H26N2O. The molecule has 0 fully saturated rings. The van der Waals surface area contributed by atoms with Crippen LogP contribution in [0.4, 0.5) is 0 Å². The highest BCUT2D eigenvalue weighted by atomic mass is 16.3. The Morgan fingerprint density at radius 2 is 1.08 bits per heavy atom. The summed E-state index contributed by atoms with van der Waals surface area (Å²) in [7, 11) is 0. The molecule has 49 heavy (non-hydrogen) atoms. The fourth-order valence-corrected chi connectivity index (χ4v) is 8.87. The molecule has 0 saturated carbocycles. The molecule has 4 heterocycles. The first kappa shape index (κ1) is 25.5. The zero-order valence-corrected chi connectivity index (χ0v) is 26.3. The first-order chi connectivity index (χ1) is 24.3. The van der Waals surface area contributed by atoms with Gasteiger partial charge in [0.25, 0.3) is 0 Å². The van der Waals surface area contributed by atoms with Crippen molar-refractivity contribution in [2.75, 3.05) is 0 Å². The van der Waals surface area contributed by atoms with Gasteiger partial charge < -0.3 is 13.4 Å². The normalized spacial score (nSPS) is 12.5. The van der Waals surface area contributed by atoms with Crippen LogP contribution < -0.4 is 0 Å². The van der Waals surface area contributed by atoms with Gasteiger partial charge in [-0.25, -0.2) is 0 Å². The van der Waals surface area contributed by atoms with Crippen LogP contribution in [0.25, 0.3) is 109 Å². The highest BCUT2D eigenvalue weighted by molar-refractivity contribution is 6.34. The number of rotatable bonds is 2. The molecule has 3 nitrogen and oxygen atoms in total. The van der Waals surface area contributed by atoms with Gasteiger partial charge >= 0.3 is 0 Å². The van der Waals surface area contributed by atoms with Crippen LogP contribution in [-0.2, 0) is 0 Å². The first-order valence-corrected chi connectivity index (χ1v) is 16.9. The summed E-state index contributed by atoms with van der Waals surface area (Å²) in [5.41, 5.74) is 11.5. The van der Waals surface area contributed by atoms with E-state index in [-0.39, 0.29) is 0 Å². The van der Waals surface area contributed by atoms with Crippen molar-refractivity contribution in [2.24, 2.45) is 0 Å². The number of aromatic nitrogens is 2. The van der Waals surface area contributed by atoms with Crippen molar-refractivity contribution in [1.82, 2.24) is 8.97 Å². The van der Waals surface area contributed by atoms with Crippen LogP contribution in [0.15, 0.2) is 162 Å². The summed E-state index contributed by atoms with van der Waals surface area (Å²) in [6.07, 6.45) is 0. The second-order valence-electron chi connectivity index (χ2n) is 13.3. The molecule has 3 heteroatoms. The molecule has 12 rings (SSSR count). The lowest BCUT2D eigenvalue weighted by Gasteiger charge is -2.12. The van der Waals surface area contributed by atoms with Crippen molar-refractivity contribution in [1.29, 1.82) is 0 Å². The van der Waals surface area contributed by atoms with E-state index in [1.54, 1.807) is 0 Å². The Hall–Kier alpha value is -6.58. The van der Waals surface area contributed by atoms with E-state index < -0.39 is 0 Å². The predicted octanol–water partition coefficient (Wildman–Crippen LogP) is 12.7. The molecule has 0 bridgehead atoms. The molecule has 0 saturated heterocycles. The lowest BCUT2D eigenvalue weighted by Crippen LogP contribution is -1.95. The summed E-state index contributed by atoms with van der Waals surface area (Å²) >= 11 is 0. The number of hydrogen-bond donors (Lipinski definition) is 0. The summed E-state index contributed by atoms with van der Waals surface area (Å²) in [4.78, 5) is 0. The highest BCUT2D eigenvalue weighted by Gasteiger charge is 2.24. The maximum absolute atomic E-state index is 6.28. The molecule has 0 aliphatic rings. The van der Waals surface area contributed by atoms with Gasteiger partial charge in [0.05, 0.1) is 27.6 Å². The number of furan rings is 1. The third-order valence-corrected chi connectivity index (χ3v) is 10.8. The van der Waals surface area contributed by atoms with E-state index in [2.05, 4.69) is 161 Å². The van der Waals surface area contributed by atoms with Crippen LogP contribution in [0.3, 0.4) is 0 Å². The molecule has 0 spiro atoms. The van der Waals surface area contributed by atoms with Gasteiger partial charge in [0.15, 0.2) is 0 Å². The van der Waals surface area contributed by atoms with Gasteiger partial charge in [-0.1, -0.05) is 115 Å². The fraction of sp³-hybridized carbons (Fsp3) is 0. The van der Waals surface area contributed by atoms with Gasteiger partial charge in [0.1, 0.15) is 11.2 Å². The Morgan fingerprint density at radius 1 is 0.388 bits per heavy atom. The van der Waals surface area contributed by atoms with Gasteiger partial charge in [0.2, 0.25) is 0 Å². The molecule has 0 amide bonds. The molecule has 0 unspecified atom stereocenters. The third-order valence-electron chi connectivity index (χ3n) is 10.8. The summed E-state index contributed by atoms with van der Waals surface area (Å²) in [5, 5.41) is 12.5. The molecule has 0 N–H and O–H groups in total. The summed E-state index contributed by atoms with van der Waals surface area (Å²) in [6.45, 7) is 0. The van der Waals surface area contributed by atoms with Crippen molar-refractivity contribution in [3.05, 3.63) is 158 Å². The lowest BCUT2D eigenvalue weighted by molar-refractivity contribution is 0.669. The molecule has 4 aromatic heterocycles. The first-order valence-electron chi connectivity index (χ1n) is 16.9. The van der Waals surface area contributed by atoms with Crippen LogP contribution in [-0.4, -0.2) is 8.97 Å². The van der Waals surface area contributed by atoms with Crippen molar-refractivity contribution in [2.45, 2.75) is 0 Å². The van der Waals surface area contributed by atoms with E-state index in [9.17, 15) is 0 Å². The summed E-state index contributed by atoms with van der Waals surface area (Å²) in [5.74, 6) is 0. The molecule has 0 aliphatic carbocycles. The van der Waals surface area contributed by atoms with Crippen molar-refractivity contribution in [3.63, 3.8) is 0 Å². The number of hydrogen-bond acceptors (Lipinski definition) is 1. The maximum atomic E-state index is 6.28. The van der Waals surface area contributed by atoms with Crippen molar-refractivity contribution >= 4 is 92.6 Å². The zero-order chi connectivity index (χ0) is 31.8. The number of nitrogens with zero attached hydrogens (tertiary/aromatic N) is 2. The Bertz CT molecular complexity index is 3340. The van der Waals surface area contributed by atoms with Crippen LogP contribution in [0, 0.1) is 0 Å². The topological polar surface area (TPSA) is 22.5 Å². The number of benzene rings is 8. The van der Waals surface area contributed by atoms with E-state index in [1.165, 1.54) is 81.8 Å². The minimum Gasteiger partial charge on any atom is -0.456 e. The standard InChI is InChI=1S/C46H26N2O/c1-2-13-31-27(10-1)22-23-34-35-24-25-39-44-43-33(32-14-3-5-18-37(32)48(45(31)34)46(35)44)17-8-19-38(43)47(39)29-12-7-11-28(26-29)30-16-9-21-41-42(30)36-15-4-6-20-40(36)49-41/h1-26H. The van der Waals surface area contributed by atoms with E-state index in [0.717, 1.165) is 27.6 Å². The van der Waals surface area contributed by atoms with Gasteiger partial charge in [-0.05, 0) is 64.4 Å². The molecule has 226 valence electrons. The average molecular weight is 623 g/mol. The smallest absolute Gasteiger partial charge is 0.136 e. The second kappa shape index (κ2) is 9.06. The van der Waals surface area contributed by atoms with E-state index in [1.807, 2.05) is 6.07 Å². The van der Waals surface area contributed by atoms with E-state index in [4.69, 9.17) is 4.42 Å². The maximum Gasteiger partial charge on any atom is 0.136 e. The van der Waals surface area contributed by atoms with Crippen LogP contribution in [0.2, 0.25) is 0 Å². The van der Waals surface area contributed by atoms with Gasteiger partial charge in [-0.2, -0.15) is 0 Å². The minimum absolute atomic E-state index is 0.911. The Kier molecular flexibility index (Phi) is 4.72. The predicted molar refractivity (Wildman–Crippen MR) is 206 cm³/mol. The van der Waals surface area contributed by atoms with E-state index >= 15 is 0 Å². The molecule has 0 radical (unpaired) electrons.